The molecule has 1 aliphatic heterocycles. The average molecular weight is 373 g/mol. The lowest BCUT2D eigenvalue weighted by molar-refractivity contribution is -0.160. The number of carbonyl (C=O) groups is 1. The van der Waals surface area contributed by atoms with Crippen LogP contribution in [0.3, 0.4) is 0 Å². The standard InChI is InChI=1S/C17H19N5O3S/c1-4-22-13(23)9-24-15(14(22)11-7-18-21(3)8-11)17-19-16(20-25-17)12-6-5-10(2)26-12/h5-8,14-15H,4,9H2,1-3H3/t14-,15+/m1/s1. The monoisotopic (exact) mass is 373 g/mol. The molecule has 4 heterocycles. The lowest BCUT2D eigenvalue weighted by atomic mass is 10.0. The van der Waals surface area contributed by atoms with Crippen molar-refractivity contribution in [3.63, 3.8) is 0 Å². The summed E-state index contributed by atoms with van der Waals surface area (Å²) in [6, 6.07) is 3.63. The number of likely N-dealkylation sites (N-methyl/N-ethyl adjacent to an activating group) is 1. The van der Waals surface area contributed by atoms with Crippen molar-refractivity contribution in [1.29, 1.82) is 0 Å². The molecule has 2 atom stereocenters. The average Bonchev–Trinajstić information content (AvgIpc) is 3.35. The molecule has 9 heteroatoms. The van der Waals surface area contributed by atoms with Gasteiger partial charge in [-0.25, -0.2) is 0 Å². The summed E-state index contributed by atoms with van der Waals surface area (Å²) in [5.74, 6) is 0.837. The molecule has 8 nitrogen and oxygen atoms in total. The number of aromatic nitrogens is 4. The van der Waals surface area contributed by atoms with Gasteiger partial charge >= 0.3 is 0 Å². The minimum Gasteiger partial charge on any atom is -0.356 e. The van der Waals surface area contributed by atoms with Gasteiger partial charge in [-0.1, -0.05) is 5.16 Å². The van der Waals surface area contributed by atoms with E-state index in [0.717, 1.165) is 10.4 Å². The van der Waals surface area contributed by atoms with Crippen LogP contribution in [0.1, 0.15) is 35.4 Å². The van der Waals surface area contributed by atoms with E-state index in [9.17, 15) is 4.79 Å². The third-order valence-corrected chi connectivity index (χ3v) is 5.38. The molecule has 0 aromatic carbocycles. The van der Waals surface area contributed by atoms with Crippen LogP contribution in [-0.2, 0) is 16.6 Å². The molecule has 0 aliphatic carbocycles. The van der Waals surface area contributed by atoms with Crippen LogP contribution in [-0.4, -0.2) is 43.9 Å². The highest BCUT2D eigenvalue weighted by Gasteiger charge is 2.41. The molecule has 3 aromatic rings. The zero-order valence-electron chi connectivity index (χ0n) is 14.7. The van der Waals surface area contributed by atoms with Crippen molar-refractivity contribution in [3.05, 3.63) is 40.9 Å². The number of hydrogen-bond donors (Lipinski definition) is 0. The highest BCUT2D eigenvalue weighted by Crippen LogP contribution is 2.39. The molecule has 4 rings (SSSR count). The summed E-state index contributed by atoms with van der Waals surface area (Å²) in [6.07, 6.45) is 3.09. The van der Waals surface area contributed by atoms with Gasteiger partial charge in [-0.2, -0.15) is 10.1 Å². The lowest BCUT2D eigenvalue weighted by Crippen LogP contribution is -2.45. The van der Waals surface area contributed by atoms with E-state index in [0.29, 0.717) is 18.3 Å². The van der Waals surface area contributed by atoms with Crippen molar-refractivity contribution in [2.24, 2.45) is 7.05 Å². The first kappa shape index (κ1) is 16.9. The molecule has 0 bridgehead atoms. The molecular weight excluding hydrogens is 354 g/mol. The second kappa shape index (κ2) is 6.65. The molecule has 1 saturated heterocycles. The number of hydrogen-bond acceptors (Lipinski definition) is 7. The molecule has 1 fully saturated rings. The number of amides is 1. The molecule has 0 spiro atoms. The summed E-state index contributed by atoms with van der Waals surface area (Å²) in [7, 11) is 1.84. The first-order chi connectivity index (χ1) is 12.6. The number of carbonyl (C=O) groups excluding carboxylic acids is 1. The Balaban J connectivity index is 1.71. The second-order valence-corrected chi connectivity index (χ2v) is 7.46. The van der Waals surface area contributed by atoms with Gasteiger partial charge in [-0.3, -0.25) is 9.48 Å². The molecule has 0 unspecified atom stereocenters. The third-order valence-electron chi connectivity index (χ3n) is 4.38. The van der Waals surface area contributed by atoms with E-state index in [1.165, 1.54) is 4.88 Å². The van der Waals surface area contributed by atoms with Crippen molar-refractivity contribution < 1.29 is 14.1 Å². The minimum absolute atomic E-state index is 0.00884. The van der Waals surface area contributed by atoms with Crippen LogP contribution in [0, 0.1) is 6.92 Å². The Morgan fingerprint density at radius 3 is 2.88 bits per heavy atom. The first-order valence-electron chi connectivity index (χ1n) is 8.37. The maximum atomic E-state index is 12.3. The molecule has 0 N–H and O–H groups in total. The van der Waals surface area contributed by atoms with Gasteiger partial charge in [0.2, 0.25) is 11.7 Å². The van der Waals surface area contributed by atoms with E-state index >= 15 is 0 Å². The van der Waals surface area contributed by atoms with Crippen LogP contribution in [0.2, 0.25) is 0 Å². The summed E-state index contributed by atoms with van der Waals surface area (Å²) < 4.78 is 13.0. The van der Waals surface area contributed by atoms with E-state index in [4.69, 9.17) is 9.26 Å². The quantitative estimate of drug-likeness (QED) is 0.698. The fraction of sp³-hybridized carbons (Fsp3) is 0.412. The fourth-order valence-corrected chi connectivity index (χ4v) is 3.98. The Labute approximate surface area is 154 Å². The predicted molar refractivity (Wildman–Crippen MR) is 94.4 cm³/mol. The highest BCUT2D eigenvalue weighted by molar-refractivity contribution is 7.15. The summed E-state index contributed by atoms with van der Waals surface area (Å²) in [4.78, 5) is 20.8. The number of nitrogens with zero attached hydrogens (tertiary/aromatic N) is 5. The van der Waals surface area contributed by atoms with Gasteiger partial charge in [0.05, 0.1) is 17.1 Å². The van der Waals surface area contributed by atoms with Gasteiger partial charge < -0.3 is 14.2 Å². The maximum Gasteiger partial charge on any atom is 0.258 e. The Bertz CT molecular complexity index is 930. The van der Waals surface area contributed by atoms with E-state index in [1.807, 2.05) is 39.2 Å². The Kier molecular flexibility index (Phi) is 4.33. The maximum absolute atomic E-state index is 12.3. The van der Waals surface area contributed by atoms with Crippen LogP contribution in [0.4, 0.5) is 0 Å². The van der Waals surface area contributed by atoms with Crippen LogP contribution in [0.25, 0.3) is 10.7 Å². The van der Waals surface area contributed by atoms with Gasteiger partial charge in [0.1, 0.15) is 6.61 Å². The number of morpholine rings is 1. The predicted octanol–water partition coefficient (Wildman–Crippen LogP) is 2.50. The summed E-state index contributed by atoms with van der Waals surface area (Å²) in [6.45, 7) is 4.52. The number of thiophene rings is 1. The Morgan fingerprint density at radius 1 is 1.38 bits per heavy atom. The zero-order valence-corrected chi connectivity index (χ0v) is 15.6. The van der Waals surface area contributed by atoms with E-state index in [-0.39, 0.29) is 18.6 Å². The molecule has 136 valence electrons. The van der Waals surface area contributed by atoms with Crippen molar-refractivity contribution in [3.8, 4) is 10.7 Å². The van der Waals surface area contributed by atoms with Crippen molar-refractivity contribution >= 4 is 17.2 Å². The molecule has 1 amide bonds. The largest absolute Gasteiger partial charge is 0.356 e. The SMILES string of the molecule is CCN1C(=O)CO[C@H](c2nc(-c3ccc(C)s3)no2)[C@H]1c1cnn(C)c1. The van der Waals surface area contributed by atoms with Crippen LogP contribution >= 0.6 is 11.3 Å². The van der Waals surface area contributed by atoms with Gasteiger partial charge in [0.25, 0.3) is 5.89 Å². The summed E-state index contributed by atoms with van der Waals surface area (Å²) in [5, 5.41) is 8.33. The zero-order chi connectivity index (χ0) is 18.3. The number of rotatable bonds is 4. The first-order valence-corrected chi connectivity index (χ1v) is 9.18. The van der Waals surface area contributed by atoms with Crippen molar-refractivity contribution in [2.45, 2.75) is 26.0 Å². The minimum atomic E-state index is -0.529. The summed E-state index contributed by atoms with van der Waals surface area (Å²) >= 11 is 1.60. The number of aryl methyl sites for hydroxylation is 2. The fourth-order valence-electron chi connectivity index (χ4n) is 3.19. The normalized spacial score (nSPS) is 20.7. The van der Waals surface area contributed by atoms with Gasteiger partial charge in [0, 0.05) is 30.2 Å². The van der Waals surface area contributed by atoms with Gasteiger partial charge in [-0.05, 0) is 26.0 Å². The van der Waals surface area contributed by atoms with Crippen LogP contribution < -0.4 is 0 Å². The molecule has 3 aromatic heterocycles. The van der Waals surface area contributed by atoms with E-state index < -0.39 is 6.10 Å². The van der Waals surface area contributed by atoms with Gasteiger partial charge in [-0.15, -0.1) is 11.3 Å². The Hall–Kier alpha value is -2.52. The van der Waals surface area contributed by atoms with Crippen molar-refractivity contribution in [1.82, 2.24) is 24.8 Å². The molecule has 0 radical (unpaired) electrons. The number of ether oxygens (including phenoxy) is 1. The Morgan fingerprint density at radius 2 is 2.23 bits per heavy atom. The summed E-state index contributed by atoms with van der Waals surface area (Å²) in [5.41, 5.74) is 0.874. The molecule has 1 aliphatic rings. The topological polar surface area (TPSA) is 86.3 Å². The second-order valence-electron chi connectivity index (χ2n) is 6.17. The molecule has 0 saturated carbocycles. The lowest BCUT2D eigenvalue weighted by Gasteiger charge is -2.38. The van der Waals surface area contributed by atoms with E-state index in [1.54, 1.807) is 27.1 Å². The van der Waals surface area contributed by atoms with Crippen LogP contribution in [0.5, 0.6) is 0 Å². The van der Waals surface area contributed by atoms with E-state index in [2.05, 4.69) is 15.2 Å². The van der Waals surface area contributed by atoms with Crippen LogP contribution in [0.15, 0.2) is 29.0 Å². The van der Waals surface area contributed by atoms with Gasteiger partial charge in [0.15, 0.2) is 6.10 Å². The molecular formula is C17H19N5O3S. The van der Waals surface area contributed by atoms with Crippen molar-refractivity contribution in [2.75, 3.05) is 13.2 Å². The smallest absolute Gasteiger partial charge is 0.258 e. The molecule has 26 heavy (non-hydrogen) atoms. The highest BCUT2D eigenvalue weighted by atomic mass is 32.1. The third kappa shape index (κ3) is 2.93.